The Balaban J connectivity index is 1.43. The number of fused-ring (bicyclic) bond motifs is 9. The second-order valence-corrected chi connectivity index (χ2v) is 10.3. The summed E-state index contributed by atoms with van der Waals surface area (Å²) in [6.45, 7) is 0. The zero-order chi connectivity index (χ0) is 26.2. The summed E-state index contributed by atoms with van der Waals surface area (Å²) in [5.74, 6) is 0.674. The van der Waals surface area contributed by atoms with Gasteiger partial charge in [0, 0.05) is 38.8 Å². The largest absolute Gasteiger partial charge is 0.309 e. The fraction of sp³-hybridized carbons (Fsp3) is 0. The van der Waals surface area contributed by atoms with Gasteiger partial charge in [-0.1, -0.05) is 91.0 Å². The van der Waals surface area contributed by atoms with Crippen molar-refractivity contribution in [2.45, 2.75) is 0 Å². The van der Waals surface area contributed by atoms with Crippen molar-refractivity contribution in [1.82, 2.24) is 19.1 Å². The van der Waals surface area contributed by atoms with Gasteiger partial charge < -0.3 is 4.57 Å². The molecule has 6 aromatic carbocycles. The van der Waals surface area contributed by atoms with E-state index in [4.69, 9.17) is 9.97 Å². The lowest BCUT2D eigenvalue weighted by Gasteiger charge is -2.10. The van der Waals surface area contributed by atoms with Gasteiger partial charge >= 0.3 is 0 Å². The third-order valence-electron chi connectivity index (χ3n) is 8.15. The average Bonchev–Trinajstić information content (AvgIpc) is 3.53. The van der Waals surface area contributed by atoms with E-state index >= 15 is 0 Å². The summed E-state index contributed by atoms with van der Waals surface area (Å²) in [5.41, 5.74) is 6.61. The minimum Gasteiger partial charge on any atom is -0.309 e. The van der Waals surface area contributed by atoms with Gasteiger partial charge in [0.25, 0.3) is 0 Å². The smallest absolute Gasteiger partial charge is 0.235 e. The van der Waals surface area contributed by atoms with Crippen LogP contribution in [0.2, 0.25) is 0 Å². The van der Waals surface area contributed by atoms with Crippen LogP contribution in [0.3, 0.4) is 0 Å². The van der Waals surface area contributed by atoms with Gasteiger partial charge in [0.1, 0.15) is 0 Å². The van der Waals surface area contributed by atoms with Gasteiger partial charge in [0.05, 0.1) is 27.6 Å². The normalized spacial score (nSPS) is 12.0. The molecule has 0 spiro atoms. The van der Waals surface area contributed by atoms with Crippen molar-refractivity contribution in [3.8, 4) is 11.6 Å². The molecule has 0 bridgehead atoms. The fourth-order valence-corrected chi connectivity index (χ4v) is 6.40. The summed E-state index contributed by atoms with van der Waals surface area (Å²) in [6, 6.07) is 45.2. The van der Waals surface area contributed by atoms with Gasteiger partial charge in [0.15, 0.2) is 0 Å². The molecular formula is C36H22N4. The van der Waals surface area contributed by atoms with Crippen molar-refractivity contribution < 1.29 is 0 Å². The first-order valence-electron chi connectivity index (χ1n) is 13.5. The zero-order valence-electron chi connectivity index (χ0n) is 21.5. The minimum atomic E-state index is 0.674. The Morgan fingerprint density at radius 3 is 1.93 bits per heavy atom. The molecule has 0 saturated carbocycles. The maximum absolute atomic E-state index is 5.04. The maximum atomic E-state index is 5.04. The Morgan fingerprint density at radius 1 is 0.450 bits per heavy atom. The summed E-state index contributed by atoms with van der Waals surface area (Å²) in [5, 5.41) is 8.40. The van der Waals surface area contributed by atoms with Crippen LogP contribution in [0.25, 0.3) is 76.9 Å². The van der Waals surface area contributed by atoms with E-state index in [0.717, 1.165) is 27.6 Å². The van der Waals surface area contributed by atoms with E-state index in [9.17, 15) is 0 Å². The molecule has 0 aliphatic carbocycles. The Bertz CT molecular complexity index is 2390. The molecule has 0 saturated heterocycles. The molecule has 0 aliphatic heterocycles. The first kappa shape index (κ1) is 21.5. The minimum absolute atomic E-state index is 0.674. The third-order valence-corrected chi connectivity index (χ3v) is 8.15. The highest BCUT2D eigenvalue weighted by molar-refractivity contribution is 6.21. The summed E-state index contributed by atoms with van der Waals surface area (Å²) < 4.78 is 4.59. The number of aromatic nitrogens is 4. The van der Waals surface area contributed by atoms with Crippen LogP contribution >= 0.6 is 0 Å². The molecule has 9 rings (SSSR count). The van der Waals surface area contributed by atoms with E-state index in [1.165, 1.54) is 43.4 Å². The van der Waals surface area contributed by atoms with Crippen LogP contribution in [0.4, 0.5) is 0 Å². The first-order chi connectivity index (χ1) is 19.8. The lowest BCUT2D eigenvalue weighted by Crippen LogP contribution is -2.01. The topological polar surface area (TPSA) is 35.6 Å². The lowest BCUT2D eigenvalue weighted by atomic mass is 10.0. The molecule has 0 aliphatic rings. The maximum Gasteiger partial charge on any atom is 0.235 e. The van der Waals surface area contributed by atoms with Gasteiger partial charge in [-0.2, -0.15) is 0 Å². The van der Waals surface area contributed by atoms with E-state index in [0.29, 0.717) is 5.95 Å². The third kappa shape index (κ3) is 2.90. The van der Waals surface area contributed by atoms with Gasteiger partial charge in [0.2, 0.25) is 5.95 Å². The van der Waals surface area contributed by atoms with Crippen LogP contribution in [0.15, 0.2) is 134 Å². The standard InChI is InChI=1S/C36H22N4/c1-3-11-26-23(9-1)17-20-33-35(26)29-19-18-25(39-31-15-7-4-12-27(31)28-13-5-8-16-32(28)39)21-34(29)40(33)36-37-22-24-10-2-6-14-30(24)38-36/h1-22H. The fourth-order valence-electron chi connectivity index (χ4n) is 6.40. The Kier molecular flexibility index (Phi) is 4.30. The van der Waals surface area contributed by atoms with Gasteiger partial charge in [-0.25, -0.2) is 9.97 Å². The molecule has 0 amide bonds. The number of hydrogen-bond donors (Lipinski definition) is 0. The second-order valence-electron chi connectivity index (χ2n) is 10.3. The molecule has 0 atom stereocenters. The Labute approximate surface area is 229 Å². The zero-order valence-corrected chi connectivity index (χ0v) is 21.5. The average molecular weight is 511 g/mol. The predicted octanol–water partition coefficient (Wildman–Crippen LogP) is 8.98. The van der Waals surface area contributed by atoms with Crippen LogP contribution < -0.4 is 0 Å². The van der Waals surface area contributed by atoms with E-state index < -0.39 is 0 Å². The highest BCUT2D eigenvalue weighted by atomic mass is 15.2. The summed E-state index contributed by atoms with van der Waals surface area (Å²) in [4.78, 5) is 9.90. The Morgan fingerprint density at radius 2 is 1.12 bits per heavy atom. The quantitative estimate of drug-likeness (QED) is 0.233. The van der Waals surface area contributed by atoms with Crippen molar-refractivity contribution in [1.29, 1.82) is 0 Å². The summed E-state index contributed by atoms with van der Waals surface area (Å²) in [6.07, 6.45) is 1.92. The van der Waals surface area contributed by atoms with Crippen LogP contribution in [0.5, 0.6) is 0 Å². The predicted molar refractivity (Wildman–Crippen MR) is 166 cm³/mol. The van der Waals surface area contributed by atoms with Crippen molar-refractivity contribution in [3.63, 3.8) is 0 Å². The van der Waals surface area contributed by atoms with Crippen LogP contribution in [-0.2, 0) is 0 Å². The molecule has 3 heterocycles. The molecule has 0 fully saturated rings. The molecule has 40 heavy (non-hydrogen) atoms. The van der Waals surface area contributed by atoms with Gasteiger partial charge in [-0.15, -0.1) is 0 Å². The molecule has 0 N–H and O–H groups in total. The molecule has 186 valence electrons. The van der Waals surface area contributed by atoms with Crippen molar-refractivity contribution in [3.05, 3.63) is 134 Å². The van der Waals surface area contributed by atoms with Crippen LogP contribution in [0.1, 0.15) is 0 Å². The number of hydrogen-bond acceptors (Lipinski definition) is 2. The van der Waals surface area contributed by atoms with Crippen LogP contribution in [0, 0.1) is 0 Å². The summed E-state index contributed by atoms with van der Waals surface area (Å²) >= 11 is 0. The van der Waals surface area contributed by atoms with E-state index in [-0.39, 0.29) is 0 Å². The van der Waals surface area contributed by atoms with E-state index in [1.807, 2.05) is 24.4 Å². The molecule has 0 unspecified atom stereocenters. The first-order valence-corrected chi connectivity index (χ1v) is 13.5. The number of para-hydroxylation sites is 3. The molecule has 3 aromatic heterocycles. The Hall–Kier alpha value is -5.48. The van der Waals surface area contributed by atoms with Gasteiger partial charge in [-0.05, 0) is 47.2 Å². The number of rotatable bonds is 2. The van der Waals surface area contributed by atoms with Crippen molar-refractivity contribution in [2.75, 3.05) is 0 Å². The SMILES string of the molecule is c1ccc2nc(-n3c4cc(-n5c6ccccc6c6ccccc65)ccc4c4c5ccccc5ccc43)ncc2c1. The van der Waals surface area contributed by atoms with E-state index in [1.54, 1.807) is 0 Å². The molecule has 4 heteroatoms. The number of nitrogens with zero attached hydrogens (tertiary/aromatic N) is 4. The molecule has 0 radical (unpaired) electrons. The monoisotopic (exact) mass is 510 g/mol. The highest BCUT2D eigenvalue weighted by Gasteiger charge is 2.19. The molecule has 9 aromatic rings. The van der Waals surface area contributed by atoms with Crippen molar-refractivity contribution >= 4 is 65.3 Å². The highest BCUT2D eigenvalue weighted by Crippen LogP contribution is 2.39. The molecule has 4 nitrogen and oxygen atoms in total. The van der Waals surface area contributed by atoms with Gasteiger partial charge in [-0.3, -0.25) is 4.57 Å². The lowest BCUT2D eigenvalue weighted by molar-refractivity contribution is 1.01. The summed E-state index contributed by atoms with van der Waals surface area (Å²) in [7, 11) is 0. The molecular weight excluding hydrogens is 488 g/mol. The second kappa shape index (κ2) is 8.01. The van der Waals surface area contributed by atoms with E-state index in [2.05, 4.69) is 118 Å². The van der Waals surface area contributed by atoms with Crippen molar-refractivity contribution in [2.24, 2.45) is 0 Å². The van der Waals surface area contributed by atoms with Crippen LogP contribution in [-0.4, -0.2) is 19.1 Å². The number of benzene rings is 6.